The van der Waals surface area contributed by atoms with Crippen molar-refractivity contribution in [3.8, 4) is 16.9 Å². The lowest BCUT2D eigenvalue weighted by Gasteiger charge is -2.14. The monoisotopic (exact) mass is 374 g/mol. The van der Waals surface area contributed by atoms with Crippen LogP contribution in [0.4, 0.5) is 5.82 Å². The standard InChI is InChI=1S/C19H22N2O6/c1-3-4-5-8-27-12-7-6-11(9-10(12)2)13-14(18(23)24)16(20)21-17(22)15(13)19(25)26/h6-7,9H,3-5,8H2,1-2H3,(H,23,24)(H,25,26)(H3,20,21,22). The van der Waals surface area contributed by atoms with E-state index in [9.17, 15) is 24.6 Å². The summed E-state index contributed by atoms with van der Waals surface area (Å²) in [6.45, 7) is 4.40. The molecule has 2 aromatic rings. The Bertz CT molecular complexity index is 933. The highest BCUT2D eigenvalue weighted by Gasteiger charge is 2.26. The van der Waals surface area contributed by atoms with Gasteiger partial charge in [0.25, 0.3) is 5.56 Å². The van der Waals surface area contributed by atoms with E-state index >= 15 is 0 Å². The fourth-order valence-corrected chi connectivity index (χ4v) is 2.84. The number of nitrogens with one attached hydrogen (secondary N) is 1. The van der Waals surface area contributed by atoms with E-state index in [1.807, 2.05) is 0 Å². The molecule has 0 fully saturated rings. The first-order chi connectivity index (χ1) is 12.8. The molecule has 2 rings (SSSR count). The number of aromatic nitrogens is 1. The van der Waals surface area contributed by atoms with Gasteiger partial charge in [0.2, 0.25) is 0 Å². The minimum absolute atomic E-state index is 0.225. The van der Waals surface area contributed by atoms with Gasteiger partial charge in [-0.3, -0.25) is 4.79 Å². The number of aromatic carboxylic acids is 2. The normalized spacial score (nSPS) is 10.6. The zero-order chi connectivity index (χ0) is 20.1. The largest absolute Gasteiger partial charge is 0.493 e. The number of hydrogen-bond donors (Lipinski definition) is 4. The van der Waals surface area contributed by atoms with Gasteiger partial charge >= 0.3 is 11.9 Å². The Morgan fingerprint density at radius 2 is 1.81 bits per heavy atom. The van der Waals surface area contributed by atoms with Crippen LogP contribution in [0.15, 0.2) is 23.0 Å². The van der Waals surface area contributed by atoms with E-state index in [2.05, 4.69) is 11.9 Å². The van der Waals surface area contributed by atoms with Crippen molar-refractivity contribution in [3.63, 3.8) is 0 Å². The number of carboxylic acid groups (broad SMARTS) is 2. The number of nitrogens with two attached hydrogens (primary N) is 1. The summed E-state index contributed by atoms with van der Waals surface area (Å²) >= 11 is 0. The van der Waals surface area contributed by atoms with Crippen LogP contribution in [0, 0.1) is 6.92 Å². The van der Waals surface area contributed by atoms with Gasteiger partial charge in [0.1, 0.15) is 22.7 Å². The lowest BCUT2D eigenvalue weighted by molar-refractivity contribution is 0.0695. The van der Waals surface area contributed by atoms with E-state index in [4.69, 9.17) is 10.5 Å². The minimum atomic E-state index is -1.54. The molecule has 0 aliphatic carbocycles. The predicted molar refractivity (Wildman–Crippen MR) is 101 cm³/mol. The second kappa shape index (κ2) is 8.39. The van der Waals surface area contributed by atoms with Crippen molar-refractivity contribution >= 4 is 17.8 Å². The van der Waals surface area contributed by atoms with E-state index in [-0.39, 0.29) is 11.1 Å². The molecule has 1 aromatic carbocycles. The number of ether oxygens (including phenoxy) is 1. The first-order valence-electron chi connectivity index (χ1n) is 8.54. The molecule has 144 valence electrons. The Morgan fingerprint density at radius 1 is 1.15 bits per heavy atom. The zero-order valence-corrected chi connectivity index (χ0v) is 15.2. The van der Waals surface area contributed by atoms with Gasteiger partial charge in [-0.05, 0) is 36.6 Å². The number of carboxylic acids is 2. The molecule has 0 saturated carbocycles. The second-order valence-corrected chi connectivity index (χ2v) is 6.14. The van der Waals surface area contributed by atoms with Crippen molar-refractivity contribution in [2.24, 2.45) is 0 Å². The summed E-state index contributed by atoms with van der Waals surface area (Å²) in [5.41, 5.74) is 4.28. The summed E-state index contributed by atoms with van der Waals surface area (Å²) in [6.07, 6.45) is 3.03. The van der Waals surface area contributed by atoms with Gasteiger partial charge in [-0.2, -0.15) is 0 Å². The number of H-pyrrole nitrogens is 1. The zero-order valence-electron chi connectivity index (χ0n) is 15.2. The molecule has 0 saturated heterocycles. The third-order valence-corrected chi connectivity index (χ3v) is 4.14. The second-order valence-electron chi connectivity index (χ2n) is 6.14. The van der Waals surface area contributed by atoms with E-state index in [0.29, 0.717) is 17.9 Å². The molecule has 27 heavy (non-hydrogen) atoms. The SMILES string of the molecule is CCCCCOc1ccc(-c2c(C(=O)O)c(N)[nH]c(=O)c2C(=O)O)cc1C. The number of hydrogen-bond acceptors (Lipinski definition) is 5. The van der Waals surface area contributed by atoms with Crippen LogP contribution in [0.3, 0.4) is 0 Å². The molecule has 1 aromatic heterocycles. The number of benzene rings is 1. The molecular formula is C19H22N2O6. The summed E-state index contributed by atoms with van der Waals surface area (Å²) in [5.74, 6) is -2.75. The number of unbranched alkanes of at least 4 members (excludes halogenated alkanes) is 2. The van der Waals surface area contributed by atoms with Crippen molar-refractivity contribution in [3.05, 3.63) is 45.2 Å². The Balaban J connectivity index is 2.57. The molecule has 0 amide bonds. The van der Waals surface area contributed by atoms with Crippen LogP contribution >= 0.6 is 0 Å². The van der Waals surface area contributed by atoms with Crippen molar-refractivity contribution in [2.45, 2.75) is 33.1 Å². The molecular weight excluding hydrogens is 352 g/mol. The van der Waals surface area contributed by atoms with Crippen LogP contribution < -0.4 is 16.0 Å². The number of aryl methyl sites for hydroxylation is 1. The molecule has 0 radical (unpaired) electrons. The molecule has 5 N–H and O–H groups in total. The third-order valence-electron chi connectivity index (χ3n) is 4.14. The average Bonchev–Trinajstić information content (AvgIpc) is 2.58. The van der Waals surface area contributed by atoms with Crippen LogP contribution in [-0.2, 0) is 0 Å². The first kappa shape index (κ1) is 20.0. The molecule has 8 nitrogen and oxygen atoms in total. The van der Waals surface area contributed by atoms with E-state index in [1.54, 1.807) is 19.1 Å². The summed E-state index contributed by atoms with van der Waals surface area (Å²) in [5, 5.41) is 18.9. The van der Waals surface area contributed by atoms with Gasteiger partial charge in [0, 0.05) is 5.56 Å². The third kappa shape index (κ3) is 4.28. The maximum absolute atomic E-state index is 12.1. The van der Waals surface area contributed by atoms with Crippen molar-refractivity contribution < 1.29 is 24.5 Å². The maximum Gasteiger partial charge on any atom is 0.342 e. The van der Waals surface area contributed by atoms with Crippen LogP contribution in [0.2, 0.25) is 0 Å². The fraction of sp³-hybridized carbons (Fsp3) is 0.316. The van der Waals surface area contributed by atoms with Crippen LogP contribution in [0.5, 0.6) is 5.75 Å². The smallest absolute Gasteiger partial charge is 0.342 e. The van der Waals surface area contributed by atoms with Gasteiger partial charge in [-0.15, -0.1) is 0 Å². The molecule has 0 spiro atoms. The van der Waals surface area contributed by atoms with Crippen LogP contribution in [0.25, 0.3) is 11.1 Å². The quantitative estimate of drug-likeness (QED) is 0.520. The molecule has 0 unspecified atom stereocenters. The first-order valence-corrected chi connectivity index (χ1v) is 8.54. The molecule has 0 atom stereocenters. The maximum atomic E-state index is 12.1. The highest BCUT2D eigenvalue weighted by molar-refractivity contribution is 6.07. The summed E-state index contributed by atoms with van der Waals surface area (Å²) < 4.78 is 5.71. The predicted octanol–water partition coefficient (Wildman–Crippen LogP) is 2.90. The average molecular weight is 374 g/mol. The number of carbonyl (C=O) groups is 2. The lowest BCUT2D eigenvalue weighted by Crippen LogP contribution is -2.24. The highest BCUT2D eigenvalue weighted by Crippen LogP contribution is 2.32. The van der Waals surface area contributed by atoms with E-state index < -0.39 is 34.4 Å². The Hall–Kier alpha value is -3.29. The number of rotatable bonds is 8. The topological polar surface area (TPSA) is 143 Å². The molecule has 0 aliphatic heterocycles. The molecule has 8 heteroatoms. The summed E-state index contributed by atoms with van der Waals surface area (Å²) in [4.78, 5) is 37.4. The van der Waals surface area contributed by atoms with Gasteiger partial charge in [0.15, 0.2) is 0 Å². The molecule has 0 aliphatic rings. The number of aromatic amines is 1. The Labute approximate surface area is 155 Å². The van der Waals surface area contributed by atoms with E-state index in [0.717, 1.165) is 19.3 Å². The number of nitrogen functional groups attached to an aromatic ring is 1. The Kier molecular flexibility index (Phi) is 6.23. The van der Waals surface area contributed by atoms with Crippen molar-refractivity contribution in [1.82, 2.24) is 4.98 Å². The molecule has 1 heterocycles. The summed E-state index contributed by atoms with van der Waals surface area (Å²) in [7, 11) is 0. The van der Waals surface area contributed by atoms with E-state index in [1.165, 1.54) is 6.07 Å². The van der Waals surface area contributed by atoms with Crippen LogP contribution in [0.1, 0.15) is 52.5 Å². The highest BCUT2D eigenvalue weighted by atomic mass is 16.5. The number of anilines is 1. The van der Waals surface area contributed by atoms with Gasteiger partial charge < -0.3 is 25.7 Å². The van der Waals surface area contributed by atoms with Crippen molar-refractivity contribution in [2.75, 3.05) is 12.3 Å². The van der Waals surface area contributed by atoms with Gasteiger partial charge in [-0.25, -0.2) is 9.59 Å². The summed E-state index contributed by atoms with van der Waals surface area (Å²) in [6, 6.07) is 4.74. The molecule has 0 bridgehead atoms. The van der Waals surface area contributed by atoms with Gasteiger partial charge in [0.05, 0.1) is 6.61 Å². The van der Waals surface area contributed by atoms with Gasteiger partial charge in [-0.1, -0.05) is 25.8 Å². The fourth-order valence-electron chi connectivity index (χ4n) is 2.84. The lowest BCUT2D eigenvalue weighted by atomic mass is 9.94. The van der Waals surface area contributed by atoms with Crippen LogP contribution in [-0.4, -0.2) is 33.7 Å². The van der Waals surface area contributed by atoms with Crippen molar-refractivity contribution in [1.29, 1.82) is 0 Å². The minimum Gasteiger partial charge on any atom is -0.493 e. The Morgan fingerprint density at radius 3 is 2.37 bits per heavy atom. The number of pyridine rings is 1.